The average molecular weight is 229 g/mol. The largest absolute Gasteiger partial charge is 0.364 e. The van der Waals surface area contributed by atoms with E-state index in [0.29, 0.717) is 12.2 Å². The summed E-state index contributed by atoms with van der Waals surface area (Å²) in [5.74, 6) is -0.393. The van der Waals surface area contributed by atoms with Gasteiger partial charge < -0.3 is 10.3 Å². The molecule has 0 saturated heterocycles. The van der Waals surface area contributed by atoms with Crippen molar-refractivity contribution in [3.05, 3.63) is 53.1 Å². The lowest BCUT2D eigenvalue weighted by atomic mass is 10.2. The first-order valence-corrected chi connectivity index (χ1v) is 5.45. The summed E-state index contributed by atoms with van der Waals surface area (Å²) in [4.78, 5) is 15.3. The summed E-state index contributed by atoms with van der Waals surface area (Å²) in [7, 11) is 0. The maximum absolute atomic E-state index is 11.4. The summed E-state index contributed by atoms with van der Waals surface area (Å²) in [6, 6.07) is 5.69. The van der Waals surface area contributed by atoms with Gasteiger partial charge >= 0.3 is 0 Å². The molecule has 2 N–H and O–H groups in total. The highest BCUT2D eigenvalue weighted by molar-refractivity contribution is 5.91. The predicted octanol–water partition coefficient (Wildman–Crippen LogP) is 1.65. The number of nitrogens with zero attached hydrogens (tertiary/aromatic N) is 2. The molecule has 0 aliphatic carbocycles. The fraction of sp³-hybridized carbons (Fsp3) is 0.231. The molecule has 4 heteroatoms. The van der Waals surface area contributed by atoms with E-state index >= 15 is 0 Å². The lowest BCUT2D eigenvalue weighted by Crippen LogP contribution is -2.18. The third kappa shape index (κ3) is 2.20. The van der Waals surface area contributed by atoms with Gasteiger partial charge in [0.1, 0.15) is 5.69 Å². The van der Waals surface area contributed by atoms with Crippen molar-refractivity contribution in [1.29, 1.82) is 0 Å². The molecule has 2 heterocycles. The Morgan fingerprint density at radius 1 is 1.35 bits per heavy atom. The third-order valence-electron chi connectivity index (χ3n) is 2.96. The Balaban J connectivity index is 2.41. The molecule has 88 valence electrons. The second-order valence-electron chi connectivity index (χ2n) is 4.10. The van der Waals surface area contributed by atoms with Gasteiger partial charge in [0.05, 0.1) is 0 Å². The van der Waals surface area contributed by atoms with Crippen LogP contribution in [0.25, 0.3) is 0 Å². The molecule has 0 saturated carbocycles. The first-order valence-electron chi connectivity index (χ1n) is 5.45. The van der Waals surface area contributed by atoms with Gasteiger partial charge in [-0.2, -0.15) is 0 Å². The summed E-state index contributed by atoms with van der Waals surface area (Å²) >= 11 is 0. The molecule has 17 heavy (non-hydrogen) atoms. The number of carbonyl (C=O) groups excluding carboxylic acids is 1. The van der Waals surface area contributed by atoms with Crippen LogP contribution in [0.15, 0.2) is 30.6 Å². The second kappa shape index (κ2) is 4.41. The smallest absolute Gasteiger partial charge is 0.265 e. The number of hydrogen-bond acceptors (Lipinski definition) is 2. The molecular weight excluding hydrogens is 214 g/mol. The van der Waals surface area contributed by atoms with Gasteiger partial charge in [0.15, 0.2) is 0 Å². The molecule has 0 atom stereocenters. The molecule has 0 aliphatic heterocycles. The van der Waals surface area contributed by atoms with Crippen LogP contribution in [0.3, 0.4) is 0 Å². The highest BCUT2D eigenvalue weighted by Crippen LogP contribution is 2.16. The maximum atomic E-state index is 11.4. The Morgan fingerprint density at radius 3 is 2.59 bits per heavy atom. The van der Waals surface area contributed by atoms with Crippen LogP contribution in [0.5, 0.6) is 0 Å². The summed E-state index contributed by atoms with van der Waals surface area (Å²) in [6.45, 7) is 4.61. The van der Waals surface area contributed by atoms with E-state index in [1.54, 1.807) is 12.4 Å². The molecule has 0 spiro atoms. The molecule has 0 fully saturated rings. The molecule has 2 rings (SSSR count). The zero-order chi connectivity index (χ0) is 12.4. The van der Waals surface area contributed by atoms with Gasteiger partial charge in [-0.05, 0) is 43.2 Å². The number of rotatable bonds is 3. The number of pyridine rings is 1. The fourth-order valence-electron chi connectivity index (χ4n) is 1.86. The predicted molar refractivity (Wildman–Crippen MR) is 65.8 cm³/mol. The Hall–Kier alpha value is -2.10. The number of aromatic nitrogens is 2. The highest BCUT2D eigenvalue weighted by Gasteiger charge is 2.13. The van der Waals surface area contributed by atoms with Crippen LogP contribution in [0, 0.1) is 13.8 Å². The summed E-state index contributed by atoms with van der Waals surface area (Å²) in [6.07, 6.45) is 3.48. The van der Waals surface area contributed by atoms with Crippen molar-refractivity contribution in [3.63, 3.8) is 0 Å². The van der Waals surface area contributed by atoms with Gasteiger partial charge in [-0.3, -0.25) is 9.78 Å². The SMILES string of the molecule is Cc1cc(C(N)=O)n(Cc2ccncc2)c1C. The average Bonchev–Trinajstić information content (AvgIpc) is 2.59. The molecular formula is C13H15N3O. The van der Waals surface area contributed by atoms with Crippen molar-refractivity contribution in [3.8, 4) is 0 Å². The van der Waals surface area contributed by atoms with Gasteiger partial charge in [0.2, 0.25) is 0 Å². The Labute approximate surface area is 100 Å². The molecule has 0 bridgehead atoms. The zero-order valence-corrected chi connectivity index (χ0v) is 9.97. The van der Waals surface area contributed by atoms with Gasteiger partial charge in [0.25, 0.3) is 5.91 Å². The van der Waals surface area contributed by atoms with Crippen molar-refractivity contribution in [2.24, 2.45) is 5.73 Å². The number of carbonyl (C=O) groups is 1. The lowest BCUT2D eigenvalue weighted by molar-refractivity contribution is 0.0991. The van der Waals surface area contributed by atoms with Crippen LogP contribution in [0.2, 0.25) is 0 Å². The minimum absolute atomic E-state index is 0.393. The zero-order valence-electron chi connectivity index (χ0n) is 9.97. The van der Waals surface area contributed by atoms with Crippen LogP contribution in [-0.2, 0) is 6.54 Å². The number of nitrogens with two attached hydrogens (primary N) is 1. The van der Waals surface area contributed by atoms with Gasteiger partial charge in [0, 0.05) is 24.6 Å². The van der Waals surface area contributed by atoms with E-state index in [9.17, 15) is 4.79 Å². The van der Waals surface area contributed by atoms with Crippen LogP contribution in [0.4, 0.5) is 0 Å². The van der Waals surface area contributed by atoms with Gasteiger partial charge in [-0.15, -0.1) is 0 Å². The van der Waals surface area contributed by atoms with Crippen LogP contribution >= 0.6 is 0 Å². The normalized spacial score (nSPS) is 10.5. The van der Waals surface area contributed by atoms with Gasteiger partial charge in [-0.1, -0.05) is 0 Å². The Kier molecular flexibility index (Phi) is 2.95. The van der Waals surface area contributed by atoms with E-state index in [-0.39, 0.29) is 0 Å². The lowest BCUT2D eigenvalue weighted by Gasteiger charge is -2.09. The first kappa shape index (κ1) is 11.4. The molecule has 0 radical (unpaired) electrons. The molecule has 2 aromatic heterocycles. The van der Waals surface area contributed by atoms with Crippen LogP contribution in [0.1, 0.15) is 27.3 Å². The quantitative estimate of drug-likeness (QED) is 0.869. The molecule has 0 aliphatic rings. The number of primary amides is 1. The fourth-order valence-corrected chi connectivity index (χ4v) is 1.86. The topological polar surface area (TPSA) is 60.9 Å². The summed E-state index contributed by atoms with van der Waals surface area (Å²) < 4.78 is 1.94. The van der Waals surface area contributed by atoms with Crippen molar-refractivity contribution in [2.45, 2.75) is 20.4 Å². The molecule has 0 aromatic carbocycles. The van der Waals surface area contributed by atoms with E-state index in [1.807, 2.05) is 36.6 Å². The highest BCUT2D eigenvalue weighted by atomic mass is 16.1. The third-order valence-corrected chi connectivity index (χ3v) is 2.96. The molecule has 2 aromatic rings. The van der Waals surface area contributed by atoms with Crippen molar-refractivity contribution in [1.82, 2.24) is 9.55 Å². The van der Waals surface area contributed by atoms with Crippen molar-refractivity contribution < 1.29 is 4.79 Å². The van der Waals surface area contributed by atoms with E-state index in [1.165, 1.54) is 0 Å². The minimum Gasteiger partial charge on any atom is -0.364 e. The number of hydrogen-bond donors (Lipinski definition) is 1. The van der Waals surface area contributed by atoms with Crippen molar-refractivity contribution >= 4 is 5.91 Å². The number of amides is 1. The molecule has 1 amide bonds. The summed E-state index contributed by atoms with van der Waals surface area (Å²) in [5.41, 5.74) is 9.17. The first-order chi connectivity index (χ1) is 8.09. The minimum atomic E-state index is -0.393. The monoisotopic (exact) mass is 229 g/mol. The summed E-state index contributed by atoms with van der Waals surface area (Å²) in [5, 5.41) is 0. The molecule has 0 unspecified atom stereocenters. The van der Waals surface area contributed by atoms with E-state index in [4.69, 9.17) is 5.73 Å². The Morgan fingerprint density at radius 2 is 2.00 bits per heavy atom. The number of aryl methyl sites for hydroxylation is 1. The van der Waals surface area contributed by atoms with E-state index in [0.717, 1.165) is 16.8 Å². The van der Waals surface area contributed by atoms with Crippen LogP contribution in [-0.4, -0.2) is 15.5 Å². The standard InChI is InChI=1S/C13H15N3O/c1-9-7-12(13(14)17)16(10(9)2)8-11-3-5-15-6-4-11/h3-7H,8H2,1-2H3,(H2,14,17). The van der Waals surface area contributed by atoms with Crippen molar-refractivity contribution in [2.75, 3.05) is 0 Å². The second-order valence-corrected chi connectivity index (χ2v) is 4.10. The van der Waals surface area contributed by atoms with Crippen LogP contribution < -0.4 is 5.73 Å². The Bertz CT molecular complexity index is 543. The van der Waals surface area contributed by atoms with Gasteiger partial charge in [-0.25, -0.2) is 0 Å². The van der Waals surface area contributed by atoms with E-state index < -0.39 is 5.91 Å². The van der Waals surface area contributed by atoms with E-state index in [2.05, 4.69) is 4.98 Å². The maximum Gasteiger partial charge on any atom is 0.265 e. The molecule has 4 nitrogen and oxygen atoms in total.